The maximum Gasteiger partial charge on any atom is 0.266 e. The smallest absolute Gasteiger partial charge is 0.266 e. The Morgan fingerprint density at radius 3 is 3.11 bits per heavy atom. The van der Waals surface area contributed by atoms with Crippen LogP contribution >= 0.6 is 33.9 Å². The first-order valence-electron chi connectivity index (χ1n) is 5.63. The molecule has 6 heteroatoms. The fraction of sp³-hybridized carbons (Fsp3) is 0.333. The SMILES string of the molecule is Cc1ncc(I)c(=O)n1CCNCc1cccs1. The van der Waals surface area contributed by atoms with E-state index in [1.807, 2.05) is 35.6 Å². The van der Waals surface area contributed by atoms with E-state index < -0.39 is 0 Å². The molecule has 2 aromatic heterocycles. The molecule has 96 valence electrons. The van der Waals surface area contributed by atoms with Crippen molar-refractivity contribution in [3.05, 3.63) is 48.3 Å². The van der Waals surface area contributed by atoms with E-state index in [1.165, 1.54) is 4.88 Å². The molecule has 0 spiro atoms. The number of hydrogen-bond acceptors (Lipinski definition) is 4. The van der Waals surface area contributed by atoms with E-state index in [-0.39, 0.29) is 5.56 Å². The van der Waals surface area contributed by atoms with Crippen LogP contribution in [-0.2, 0) is 13.1 Å². The summed E-state index contributed by atoms with van der Waals surface area (Å²) in [6.45, 7) is 4.12. The number of hydrogen-bond donors (Lipinski definition) is 1. The number of nitrogens with zero attached hydrogens (tertiary/aromatic N) is 2. The Morgan fingerprint density at radius 2 is 2.39 bits per heavy atom. The number of thiophene rings is 1. The van der Waals surface area contributed by atoms with E-state index in [9.17, 15) is 4.79 Å². The fourth-order valence-electron chi connectivity index (χ4n) is 1.63. The summed E-state index contributed by atoms with van der Waals surface area (Å²) < 4.78 is 2.37. The van der Waals surface area contributed by atoms with Gasteiger partial charge in [0, 0.05) is 30.7 Å². The molecule has 0 aliphatic heterocycles. The normalized spacial score (nSPS) is 10.8. The molecule has 2 heterocycles. The molecular weight excluding hydrogens is 361 g/mol. The lowest BCUT2D eigenvalue weighted by Gasteiger charge is -2.09. The molecule has 4 nitrogen and oxygen atoms in total. The van der Waals surface area contributed by atoms with E-state index in [1.54, 1.807) is 22.1 Å². The summed E-state index contributed by atoms with van der Waals surface area (Å²) in [5.74, 6) is 0.762. The monoisotopic (exact) mass is 375 g/mol. The second-order valence-electron chi connectivity index (χ2n) is 3.87. The molecule has 0 fully saturated rings. The molecule has 0 aromatic carbocycles. The molecule has 0 unspecified atom stereocenters. The van der Waals surface area contributed by atoms with Gasteiger partial charge in [-0.05, 0) is 41.0 Å². The zero-order chi connectivity index (χ0) is 13.0. The fourth-order valence-corrected chi connectivity index (χ4v) is 2.73. The molecule has 2 rings (SSSR count). The number of nitrogens with one attached hydrogen (secondary N) is 1. The quantitative estimate of drug-likeness (QED) is 0.643. The summed E-state index contributed by atoms with van der Waals surface area (Å²) in [4.78, 5) is 17.4. The van der Waals surface area contributed by atoms with Crippen LogP contribution in [0.2, 0.25) is 0 Å². The van der Waals surface area contributed by atoms with Crippen molar-refractivity contribution in [2.24, 2.45) is 0 Å². The van der Waals surface area contributed by atoms with Crippen LogP contribution in [0.5, 0.6) is 0 Å². The highest BCUT2D eigenvalue weighted by Crippen LogP contribution is 2.07. The maximum atomic E-state index is 11.9. The van der Waals surface area contributed by atoms with E-state index in [4.69, 9.17) is 0 Å². The molecule has 0 aliphatic carbocycles. The molecule has 0 radical (unpaired) electrons. The molecule has 18 heavy (non-hydrogen) atoms. The van der Waals surface area contributed by atoms with Gasteiger partial charge in [0.2, 0.25) is 0 Å². The third kappa shape index (κ3) is 3.39. The van der Waals surface area contributed by atoms with Crippen molar-refractivity contribution in [1.29, 1.82) is 0 Å². The number of aryl methyl sites for hydroxylation is 1. The van der Waals surface area contributed by atoms with Gasteiger partial charge in [0.05, 0.1) is 3.57 Å². The van der Waals surface area contributed by atoms with Crippen molar-refractivity contribution in [3.8, 4) is 0 Å². The van der Waals surface area contributed by atoms with Crippen molar-refractivity contribution < 1.29 is 0 Å². The summed E-state index contributed by atoms with van der Waals surface area (Å²) in [5.41, 5.74) is 0.0426. The standard InChI is InChI=1S/C12H14IN3OS/c1-9-15-8-11(13)12(17)16(9)5-4-14-7-10-3-2-6-18-10/h2-3,6,8,14H,4-5,7H2,1H3. The van der Waals surface area contributed by atoms with Gasteiger partial charge in [-0.3, -0.25) is 9.36 Å². The summed E-state index contributed by atoms with van der Waals surface area (Å²) in [6, 6.07) is 4.14. The Balaban J connectivity index is 1.91. The minimum Gasteiger partial charge on any atom is -0.310 e. The molecule has 0 amide bonds. The van der Waals surface area contributed by atoms with Crippen molar-refractivity contribution in [3.63, 3.8) is 0 Å². The third-order valence-electron chi connectivity index (χ3n) is 2.60. The predicted octanol–water partition coefficient (Wildman–Crippen LogP) is 2.01. The van der Waals surface area contributed by atoms with Gasteiger partial charge in [-0.1, -0.05) is 6.07 Å². The minimum absolute atomic E-state index is 0.0426. The topological polar surface area (TPSA) is 46.9 Å². The maximum absolute atomic E-state index is 11.9. The highest BCUT2D eigenvalue weighted by atomic mass is 127. The second-order valence-corrected chi connectivity index (χ2v) is 6.06. The van der Waals surface area contributed by atoms with Crippen LogP contribution in [0.25, 0.3) is 0 Å². The van der Waals surface area contributed by atoms with Gasteiger partial charge in [-0.2, -0.15) is 0 Å². The largest absolute Gasteiger partial charge is 0.310 e. The molecule has 0 saturated heterocycles. The Bertz CT molecular complexity index is 565. The van der Waals surface area contributed by atoms with Crippen LogP contribution in [-0.4, -0.2) is 16.1 Å². The molecule has 0 bridgehead atoms. The predicted molar refractivity (Wildman–Crippen MR) is 82.0 cm³/mol. The second kappa shape index (κ2) is 6.44. The molecule has 1 N–H and O–H groups in total. The summed E-state index contributed by atoms with van der Waals surface area (Å²) in [7, 11) is 0. The highest BCUT2D eigenvalue weighted by Gasteiger charge is 2.04. The van der Waals surface area contributed by atoms with Gasteiger partial charge in [0.15, 0.2) is 0 Å². The van der Waals surface area contributed by atoms with Gasteiger partial charge in [-0.25, -0.2) is 4.98 Å². The van der Waals surface area contributed by atoms with Gasteiger partial charge in [-0.15, -0.1) is 11.3 Å². The van der Waals surface area contributed by atoms with Crippen LogP contribution in [0, 0.1) is 10.5 Å². The van der Waals surface area contributed by atoms with Crippen LogP contribution in [0.3, 0.4) is 0 Å². The lowest BCUT2D eigenvalue weighted by molar-refractivity contribution is 0.565. The lowest BCUT2D eigenvalue weighted by Crippen LogP contribution is -2.30. The number of rotatable bonds is 5. The average molecular weight is 375 g/mol. The van der Waals surface area contributed by atoms with E-state index in [0.29, 0.717) is 10.1 Å². The van der Waals surface area contributed by atoms with Crippen molar-refractivity contribution in [1.82, 2.24) is 14.9 Å². The summed E-state index contributed by atoms with van der Waals surface area (Å²) in [6.07, 6.45) is 1.62. The zero-order valence-electron chi connectivity index (χ0n) is 10.0. The summed E-state index contributed by atoms with van der Waals surface area (Å²) >= 11 is 3.75. The third-order valence-corrected chi connectivity index (χ3v) is 4.21. The van der Waals surface area contributed by atoms with Crippen LogP contribution < -0.4 is 10.9 Å². The van der Waals surface area contributed by atoms with Crippen LogP contribution in [0.4, 0.5) is 0 Å². The van der Waals surface area contributed by atoms with Gasteiger partial charge in [0.1, 0.15) is 5.82 Å². The molecule has 0 atom stereocenters. The van der Waals surface area contributed by atoms with Crippen molar-refractivity contribution in [2.75, 3.05) is 6.54 Å². The van der Waals surface area contributed by atoms with Gasteiger partial charge < -0.3 is 5.32 Å². The lowest BCUT2D eigenvalue weighted by atomic mass is 10.4. The highest BCUT2D eigenvalue weighted by molar-refractivity contribution is 14.1. The van der Waals surface area contributed by atoms with E-state index >= 15 is 0 Å². The molecule has 0 aliphatic rings. The molecule has 2 aromatic rings. The number of aromatic nitrogens is 2. The summed E-state index contributed by atoms with van der Waals surface area (Å²) in [5, 5.41) is 5.40. The van der Waals surface area contributed by atoms with E-state index in [0.717, 1.165) is 18.9 Å². The van der Waals surface area contributed by atoms with Crippen molar-refractivity contribution in [2.45, 2.75) is 20.0 Å². The first kappa shape index (κ1) is 13.7. The van der Waals surface area contributed by atoms with Gasteiger partial charge >= 0.3 is 0 Å². The van der Waals surface area contributed by atoms with Crippen LogP contribution in [0.1, 0.15) is 10.7 Å². The molecule has 0 saturated carbocycles. The van der Waals surface area contributed by atoms with Crippen LogP contribution in [0.15, 0.2) is 28.5 Å². The Morgan fingerprint density at radius 1 is 1.56 bits per heavy atom. The minimum atomic E-state index is 0.0426. The first-order valence-corrected chi connectivity index (χ1v) is 7.59. The Hall–Kier alpha value is -0.730. The zero-order valence-corrected chi connectivity index (χ0v) is 13.0. The molecular formula is C12H14IN3OS. The van der Waals surface area contributed by atoms with Crippen molar-refractivity contribution >= 4 is 33.9 Å². The Kier molecular flexibility index (Phi) is 4.90. The first-order chi connectivity index (χ1) is 8.68. The van der Waals surface area contributed by atoms with Gasteiger partial charge in [0.25, 0.3) is 5.56 Å². The van der Waals surface area contributed by atoms with E-state index in [2.05, 4.69) is 21.7 Å². The Labute approximate surface area is 123 Å². The average Bonchev–Trinajstić information content (AvgIpc) is 2.86. The number of halogens is 1.